The van der Waals surface area contributed by atoms with Gasteiger partial charge < -0.3 is 15.0 Å². The van der Waals surface area contributed by atoms with Gasteiger partial charge in [0.1, 0.15) is 0 Å². The first-order chi connectivity index (χ1) is 8.90. The average Bonchev–Trinajstić information content (AvgIpc) is 3.06. The van der Waals surface area contributed by atoms with Crippen molar-refractivity contribution in [3.05, 3.63) is 33.5 Å². The molecule has 19 heavy (non-hydrogen) atoms. The predicted octanol–water partition coefficient (Wildman–Crippen LogP) is 3.64. The zero-order valence-electron chi connectivity index (χ0n) is 10.7. The summed E-state index contributed by atoms with van der Waals surface area (Å²) >= 11 is 11.7. The third-order valence-electron chi connectivity index (χ3n) is 3.38. The van der Waals surface area contributed by atoms with Gasteiger partial charge in [-0.05, 0) is 38.5 Å². The van der Waals surface area contributed by atoms with Crippen molar-refractivity contribution >= 4 is 34.9 Å². The lowest BCUT2D eigenvalue weighted by molar-refractivity contribution is -0.149. The first kappa shape index (κ1) is 14.4. The van der Waals surface area contributed by atoms with Crippen LogP contribution in [0.1, 0.15) is 20.3 Å². The highest BCUT2D eigenvalue weighted by molar-refractivity contribution is 6.42. The lowest BCUT2D eigenvalue weighted by Crippen LogP contribution is -2.28. The van der Waals surface area contributed by atoms with E-state index in [1.807, 2.05) is 0 Å². The van der Waals surface area contributed by atoms with Crippen LogP contribution < -0.4 is 5.06 Å². The molecule has 2 atom stereocenters. The van der Waals surface area contributed by atoms with Crippen molar-refractivity contribution < 1.29 is 9.53 Å². The van der Waals surface area contributed by atoms with E-state index in [-0.39, 0.29) is 5.97 Å². The number of halogens is 2. The first-order valence-electron chi connectivity index (χ1n) is 5.98. The molecule has 1 aliphatic rings. The molecule has 0 aromatic heterocycles. The lowest BCUT2D eigenvalue weighted by Gasteiger charge is -2.33. The van der Waals surface area contributed by atoms with E-state index in [0.717, 1.165) is 5.06 Å². The smallest absolute Gasteiger partial charge is 0.313 e. The average molecular weight is 303 g/mol. The number of carbonyl (C=O) groups excluding carboxylic acids is 1. The van der Waals surface area contributed by atoms with Crippen LogP contribution in [-0.4, -0.2) is 18.6 Å². The highest BCUT2D eigenvalue weighted by Crippen LogP contribution is 2.51. The third kappa shape index (κ3) is 2.66. The summed E-state index contributed by atoms with van der Waals surface area (Å²) < 4.78 is 4.98. The number of hydrogen-bond donors (Lipinski definition) is 0. The molecule has 2 rings (SSSR count). The van der Waals surface area contributed by atoms with Crippen LogP contribution in [0, 0.1) is 10.6 Å². The van der Waals surface area contributed by atoms with Crippen molar-refractivity contribution in [2.75, 3.05) is 11.7 Å². The Morgan fingerprint density at radius 2 is 2.21 bits per heavy atom. The molecule has 6 heteroatoms. The largest absolute Gasteiger partial charge is 0.758 e. The van der Waals surface area contributed by atoms with E-state index in [9.17, 15) is 10.0 Å². The van der Waals surface area contributed by atoms with E-state index < -0.39 is 11.5 Å². The van der Waals surface area contributed by atoms with E-state index in [2.05, 4.69) is 0 Å². The standard InChI is InChI=1S/C13H14Cl2NO3/c1-3-19-12(17)13(2)7-11(13)16(18)8-4-5-9(14)10(15)6-8/h4-6,11H,3,7H2,1-2H3/q-1/t11-,13-/m0/s1. The normalized spacial score (nSPS) is 25.0. The van der Waals surface area contributed by atoms with Crippen molar-refractivity contribution in [2.45, 2.75) is 26.3 Å². The number of rotatable bonds is 4. The summed E-state index contributed by atoms with van der Waals surface area (Å²) in [6.45, 7) is 3.79. The second kappa shape index (κ2) is 5.19. The number of benzene rings is 1. The maximum Gasteiger partial charge on any atom is 0.313 e. The summed E-state index contributed by atoms with van der Waals surface area (Å²) in [6.07, 6.45) is 0.482. The van der Waals surface area contributed by atoms with Crippen molar-refractivity contribution in [3.8, 4) is 0 Å². The zero-order valence-corrected chi connectivity index (χ0v) is 12.2. The molecule has 1 aliphatic carbocycles. The number of esters is 1. The topological polar surface area (TPSA) is 52.6 Å². The highest BCUT2D eigenvalue weighted by atomic mass is 35.5. The number of nitrogens with zero attached hydrogens (tertiary/aromatic N) is 1. The fourth-order valence-corrected chi connectivity index (χ4v) is 2.29. The molecule has 0 heterocycles. The van der Waals surface area contributed by atoms with Gasteiger partial charge in [0.15, 0.2) is 0 Å². The molecule has 4 nitrogen and oxygen atoms in total. The molecule has 0 N–H and O–H groups in total. The van der Waals surface area contributed by atoms with Gasteiger partial charge in [0.25, 0.3) is 0 Å². The molecular weight excluding hydrogens is 289 g/mol. The van der Waals surface area contributed by atoms with Crippen molar-refractivity contribution in [1.29, 1.82) is 0 Å². The summed E-state index contributed by atoms with van der Waals surface area (Å²) in [5, 5.41) is 13.7. The molecule has 1 aromatic carbocycles. The molecular formula is C13H14Cl2NO3-. The maximum atomic E-state index is 12.2. The Morgan fingerprint density at radius 3 is 2.79 bits per heavy atom. The van der Waals surface area contributed by atoms with Gasteiger partial charge in [-0.3, -0.25) is 4.79 Å². The summed E-state index contributed by atoms with van der Waals surface area (Å²) in [5.41, 5.74) is -0.337. The number of carbonyl (C=O) groups is 1. The molecule has 0 saturated heterocycles. The summed E-state index contributed by atoms with van der Waals surface area (Å²) in [7, 11) is 0. The summed E-state index contributed by atoms with van der Waals surface area (Å²) in [6, 6.07) is 4.24. The van der Waals surface area contributed by atoms with Gasteiger partial charge in [-0.25, -0.2) is 0 Å². The molecule has 1 aromatic rings. The zero-order chi connectivity index (χ0) is 14.2. The van der Waals surface area contributed by atoms with Gasteiger partial charge in [0.2, 0.25) is 0 Å². The van der Waals surface area contributed by atoms with Crippen LogP contribution in [0.4, 0.5) is 5.69 Å². The monoisotopic (exact) mass is 302 g/mol. The van der Waals surface area contributed by atoms with Gasteiger partial charge in [-0.2, -0.15) is 0 Å². The third-order valence-corrected chi connectivity index (χ3v) is 4.11. The van der Waals surface area contributed by atoms with Crippen LogP contribution in [0.3, 0.4) is 0 Å². The number of hydroxylamine groups is 1. The number of ether oxygens (including phenoxy) is 1. The SMILES string of the molecule is CCOC(=O)[C@@]1(C)C[C@@H]1N([O-])c1ccc(Cl)c(Cl)c1. The minimum absolute atomic E-state index is 0.312. The van der Waals surface area contributed by atoms with E-state index in [1.165, 1.54) is 6.07 Å². The predicted molar refractivity (Wildman–Crippen MR) is 75.5 cm³/mol. The Balaban J connectivity index is 2.12. The Bertz CT molecular complexity index is 509. The molecule has 0 bridgehead atoms. The van der Waals surface area contributed by atoms with Crippen LogP contribution in [0.25, 0.3) is 0 Å². The Kier molecular flexibility index (Phi) is 3.95. The Morgan fingerprint density at radius 1 is 1.53 bits per heavy atom. The van der Waals surface area contributed by atoms with Gasteiger partial charge in [0, 0.05) is 11.7 Å². The van der Waals surface area contributed by atoms with E-state index in [1.54, 1.807) is 26.0 Å². The molecule has 104 valence electrons. The Hall–Kier alpha value is -0.970. The molecule has 0 spiro atoms. The minimum atomic E-state index is -0.732. The van der Waals surface area contributed by atoms with Gasteiger partial charge in [0.05, 0.1) is 22.1 Å². The van der Waals surface area contributed by atoms with Crippen LogP contribution in [0.2, 0.25) is 10.0 Å². The van der Waals surface area contributed by atoms with Gasteiger partial charge >= 0.3 is 5.97 Å². The summed E-state index contributed by atoms with van der Waals surface area (Å²) in [5.74, 6) is -0.332. The molecule has 1 saturated carbocycles. The van der Waals surface area contributed by atoms with Crippen molar-refractivity contribution in [1.82, 2.24) is 0 Å². The molecule has 0 aliphatic heterocycles. The number of anilines is 1. The van der Waals surface area contributed by atoms with Gasteiger partial charge in [-0.1, -0.05) is 23.2 Å². The first-order valence-corrected chi connectivity index (χ1v) is 6.74. The second-order valence-electron chi connectivity index (χ2n) is 4.78. The molecule has 1 fully saturated rings. The van der Waals surface area contributed by atoms with E-state index in [4.69, 9.17) is 27.9 Å². The quantitative estimate of drug-likeness (QED) is 0.629. The fraction of sp³-hybridized carbons (Fsp3) is 0.462. The second-order valence-corrected chi connectivity index (χ2v) is 5.60. The van der Waals surface area contributed by atoms with Gasteiger partial charge in [-0.15, -0.1) is 0 Å². The molecule has 0 unspecified atom stereocenters. The van der Waals surface area contributed by atoms with Crippen LogP contribution in [-0.2, 0) is 9.53 Å². The maximum absolute atomic E-state index is 12.2. The molecule has 0 radical (unpaired) electrons. The summed E-state index contributed by atoms with van der Waals surface area (Å²) in [4.78, 5) is 11.8. The number of hydrogen-bond acceptors (Lipinski definition) is 4. The van der Waals surface area contributed by atoms with Crippen molar-refractivity contribution in [3.63, 3.8) is 0 Å². The fourth-order valence-electron chi connectivity index (χ4n) is 2.00. The lowest BCUT2D eigenvalue weighted by atomic mass is 10.1. The van der Waals surface area contributed by atoms with Crippen LogP contribution >= 0.6 is 23.2 Å². The van der Waals surface area contributed by atoms with Crippen molar-refractivity contribution in [2.24, 2.45) is 5.41 Å². The van der Waals surface area contributed by atoms with Crippen LogP contribution in [0.5, 0.6) is 0 Å². The highest BCUT2D eigenvalue weighted by Gasteiger charge is 2.58. The molecule has 0 amide bonds. The Labute approximate surface area is 121 Å². The van der Waals surface area contributed by atoms with E-state index >= 15 is 0 Å². The van der Waals surface area contributed by atoms with E-state index in [0.29, 0.717) is 28.8 Å². The minimum Gasteiger partial charge on any atom is -0.758 e. The van der Waals surface area contributed by atoms with Crippen LogP contribution in [0.15, 0.2) is 18.2 Å².